The number of carbonyl (C=O) groups is 1. The van der Waals surface area contributed by atoms with Crippen LogP contribution < -0.4 is 0 Å². The van der Waals surface area contributed by atoms with Crippen LogP contribution in [-0.4, -0.2) is 98.9 Å². The van der Waals surface area contributed by atoms with Crippen molar-refractivity contribution < 1.29 is 58.3 Å². The number of aliphatic hydroxyl groups excluding tert-OH is 5. The first-order valence-corrected chi connectivity index (χ1v) is 23.5. The van der Waals surface area contributed by atoms with Gasteiger partial charge in [0.2, 0.25) is 0 Å². The number of rotatable bonds is 36. The number of carbonyl (C=O) groups excluding carboxylic acids is 1. The molecule has 12 nitrogen and oxygen atoms in total. The van der Waals surface area contributed by atoms with Gasteiger partial charge in [-0.3, -0.25) is 13.8 Å². The highest BCUT2D eigenvalue weighted by atomic mass is 31.2. The minimum absolute atomic E-state index is 0.0800. The summed E-state index contributed by atoms with van der Waals surface area (Å²) in [6.07, 6.45) is 29.1. The summed E-state index contributed by atoms with van der Waals surface area (Å²) in [5.74, 6) is -0.488. The fraction of sp³-hybridized carbons (Fsp3) is 0.795. The van der Waals surface area contributed by atoms with E-state index in [2.05, 4.69) is 62.5 Å². The van der Waals surface area contributed by atoms with Crippen LogP contribution in [0.2, 0.25) is 0 Å². The second kappa shape index (κ2) is 35.1. The molecule has 0 heterocycles. The van der Waals surface area contributed by atoms with Crippen LogP contribution in [0, 0.1) is 0 Å². The molecule has 1 aliphatic rings. The smallest absolute Gasteiger partial charge is 0.457 e. The molecule has 0 saturated heterocycles. The molecular formula is C44H79O12P. The Morgan fingerprint density at radius 2 is 1.04 bits per heavy atom. The Balaban J connectivity index is 2.36. The maximum Gasteiger partial charge on any atom is 0.472 e. The average molecular weight is 831 g/mol. The van der Waals surface area contributed by atoms with Gasteiger partial charge in [-0.1, -0.05) is 152 Å². The molecule has 0 radical (unpaired) electrons. The van der Waals surface area contributed by atoms with E-state index in [0.717, 1.165) is 77.0 Å². The van der Waals surface area contributed by atoms with E-state index in [1.165, 1.54) is 57.8 Å². The summed E-state index contributed by atoms with van der Waals surface area (Å²) < 4.78 is 34.0. The Kier molecular flexibility index (Phi) is 32.8. The Morgan fingerprint density at radius 3 is 1.58 bits per heavy atom. The number of allylic oxidation sites excluding steroid dienone is 8. The Bertz CT molecular complexity index is 1130. The van der Waals surface area contributed by atoms with Gasteiger partial charge < -0.3 is 39.9 Å². The molecule has 0 spiro atoms. The fourth-order valence-corrected chi connectivity index (χ4v) is 7.44. The van der Waals surface area contributed by atoms with Crippen LogP contribution in [-0.2, 0) is 27.9 Å². The minimum Gasteiger partial charge on any atom is -0.457 e. The Labute approximate surface area is 344 Å². The van der Waals surface area contributed by atoms with Crippen LogP contribution in [0.3, 0.4) is 0 Å². The van der Waals surface area contributed by atoms with Crippen molar-refractivity contribution in [2.75, 3.05) is 19.8 Å². The highest BCUT2D eigenvalue weighted by molar-refractivity contribution is 7.47. The van der Waals surface area contributed by atoms with Gasteiger partial charge in [0.25, 0.3) is 0 Å². The minimum atomic E-state index is -5.01. The average Bonchev–Trinajstić information content (AvgIpc) is 3.19. The van der Waals surface area contributed by atoms with Gasteiger partial charge in [0.1, 0.15) is 42.7 Å². The van der Waals surface area contributed by atoms with E-state index >= 15 is 0 Å². The zero-order chi connectivity index (χ0) is 42.0. The molecule has 6 atom stereocenters. The molecule has 0 aromatic carbocycles. The second-order valence-electron chi connectivity index (χ2n) is 15.2. The largest absolute Gasteiger partial charge is 0.472 e. The predicted molar refractivity (Wildman–Crippen MR) is 225 cm³/mol. The lowest BCUT2D eigenvalue weighted by Crippen LogP contribution is -2.64. The maximum atomic E-state index is 12.8. The third-order valence-electron chi connectivity index (χ3n) is 9.97. The summed E-state index contributed by atoms with van der Waals surface area (Å²) in [6.45, 7) is 4.10. The van der Waals surface area contributed by atoms with Crippen LogP contribution in [0.5, 0.6) is 0 Å². The monoisotopic (exact) mass is 831 g/mol. The molecule has 13 heteroatoms. The third-order valence-corrected chi connectivity index (χ3v) is 11.0. The zero-order valence-corrected chi connectivity index (χ0v) is 36.0. The van der Waals surface area contributed by atoms with Gasteiger partial charge in [-0.25, -0.2) is 4.57 Å². The first-order chi connectivity index (χ1) is 27.5. The van der Waals surface area contributed by atoms with E-state index in [-0.39, 0.29) is 13.0 Å². The summed E-state index contributed by atoms with van der Waals surface area (Å²) >= 11 is 0. The standard InChI is InChI=1S/C44H79O12P/c1-3-5-7-9-11-13-14-15-16-17-18-19-20-21-22-23-24-25-27-29-31-33-38(45)55-37(35-53-34-32-30-28-26-12-10-8-6-4-2)36-54-57(51,52)56-44-42(49)40(47)39(46)41(48)43(44)50/h5,7,11,13,15-16,18-19,37,39-44,46-50H,3-4,6,8-10,12,14,17,20-36H2,1-2H3,(H,51,52)/b7-5-,13-11-,16-15-,19-18-. The second-order valence-corrected chi connectivity index (χ2v) is 16.6. The van der Waals surface area contributed by atoms with Crippen molar-refractivity contribution in [3.8, 4) is 0 Å². The number of esters is 1. The highest BCUT2D eigenvalue weighted by Gasteiger charge is 2.51. The van der Waals surface area contributed by atoms with Crippen LogP contribution in [0.4, 0.5) is 0 Å². The molecule has 0 bridgehead atoms. The van der Waals surface area contributed by atoms with Crippen molar-refractivity contribution in [3.05, 3.63) is 48.6 Å². The third kappa shape index (κ3) is 27.6. The van der Waals surface area contributed by atoms with Crippen molar-refractivity contribution in [2.45, 2.75) is 204 Å². The zero-order valence-electron chi connectivity index (χ0n) is 35.1. The number of unbranched alkanes of at least 4 members (excludes halogenated alkanes) is 16. The number of ether oxygens (including phenoxy) is 2. The quantitative estimate of drug-likeness (QED) is 0.0153. The molecular weight excluding hydrogens is 751 g/mol. The summed E-state index contributed by atoms with van der Waals surface area (Å²) in [5.41, 5.74) is 0. The number of hydrogen-bond acceptors (Lipinski definition) is 11. The molecule has 57 heavy (non-hydrogen) atoms. The first-order valence-electron chi connectivity index (χ1n) is 22.0. The normalized spacial score (nSPS) is 23.3. The fourth-order valence-electron chi connectivity index (χ4n) is 6.46. The molecule has 1 rings (SSSR count). The number of aliphatic hydroxyl groups is 5. The van der Waals surface area contributed by atoms with Gasteiger partial charge in [-0.2, -0.15) is 0 Å². The molecule has 0 amide bonds. The van der Waals surface area contributed by atoms with E-state index < -0.39 is 63.1 Å². The van der Waals surface area contributed by atoms with Crippen molar-refractivity contribution in [1.82, 2.24) is 0 Å². The van der Waals surface area contributed by atoms with Crippen molar-refractivity contribution in [1.29, 1.82) is 0 Å². The molecule has 1 fully saturated rings. The molecule has 0 aliphatic heterocycles. The Hall–Kier alpha value is -1.70. The van der Waals surface area contributed by atoms with Gasteiger partial charge in [0.15, 0.2) is 0 Å². The SMILES string of the molecule is CC/C=C\C/C=C\C/C=C\C/C=C\CCCCCCCCCCC(=O)OC(COCCCCCCCCCCC)COP(=O)(O)OC1C(O)C(O)C(O)C(O)C1O. The molecule has 1 saturated carbocycles. The van der Waals surface area contributed by atoms with Gasteiger partial charge in [0, 0.05) is 13.0 Å². The Morgan fingerprint density at radius 1 is 0.579 bits per heavy atom. The van der Waals surface area contributed by atoms with E-state index in [1.807, 2.05) is 0 Å². The molecule has 0 aromatic heterocycles. The predicted octanol–water partition coefficient (Wildman–Crippen LogP) is 8.47. The van der Waals surface area contributed by atoms with Gasteiger partial charge >= 0.3 is 13.8 Å². The molecule has 6 N–H and O–H groups in total. The van der Waals surface area contributed by atoms with Gasteiger partial charge in [-0.15, -0.1) is 0 Å². The lowest BCUT2D eigenvalue weighted by atomic mass is 9.85. The van der Waals surface area contributed by atoms with Crippen LogP contribution in [0.1, 0.15) is 162 Å². The van der Waals surface area contributed by atoms with Crippen LogP contribution in [0.25, 0.3) is 0 Å². The molecule has 0 aromatic rings. The maximum absolute atomic E-state index is 12.8. The number of hydrogen-bond donors (Lipinski definition) is 6. The van der Waals surface area contributed by atoms with Crippen LogP contribution >= 0.6 is 7.82 Å². The van der Waals surface area contributed by atoms with Crippen molar-refractivity contribution in [2.24, 2.45) is 0 Å². The van der Waals surface area contributed by atoms with E-state index in [9.17, 15) is 39.8 Å². The lowest BCUT2D eigenvalue weighted by molar-refractivity contribution is -0.220. The molecule has 332 valence electrons. The van der Waals surface area contributed by atoms with Crippen molar-refractivity contribution >= 4 is 13.8 Å². The summed E-state index contributed by atoms with van der Waals surface area (Å²) in [5, 5.41) is 50.0. The molecule has 1 aliphatic carbocycles. The summed E-state index contributed by atoms with van der Waals surface area (Å²) in [4.78, 5) is 23.1. The van der Waals surface area contributed by atoms with E-state index in [4.69, 9.17) is 18.5 Å². The molecule has 6 unspecified atom stereocenters. The van der Waals surface area contributed by atoms with Crippen molar-refractivity contribution in [3.63, 3.8) is 0 Å². The lowest BCUT2D eigenvalue weighted by Gasteiger charge is -2.41. The van der Waals surface area contributed by atoms with Gasteiger partial charge in [0.05, 0.1) is 13.2 Å². The topological polar surface area (TPSA) is 192 Å². The van der Waals surface area contributed by atoms with Gasteiger partial charge in [-0.05, 0) is 51.4 Å². The van der Waals surface area contributed by atoms with E-state index in [0.29, 0.717) is 13.0 Å². The number of phosphoric ester groups is 1. The number of phosphoric acid groups is 1. The first kappa shape index (κ1) is 53.3. The summed E-state index contributed by atoms with van der Waals surface area (Å²) in [6, 6.07) is 0. The van der Waals surface area contributed by atoms with Crippen LogP contribution in [0.15, 0.2) is 48.6 Å². The summed E-state index contributed by atoms with van der Waals surface area (Å²) in [7, 11) is -5.01. The van der Waals surface area contributed by atoms with E-state index in [1.54, 1.807) is 0 Å². The highest BCUT2D eigenvalue weighted by Crippen LogP contribution is 2.47.